The number of hydrogen-bond donors (Lipinski definition) is 1. The molecule has 2 heterocycles. The SMILES string of the molecule is CN(C)c1ccc(NC(=O)C2CCc3nc(-c4ccncc4)sc3C2)cc1. The van der Waals surface area contributed by atoms with E-state index in [1.54, 1.807) is 23.7 Å². The van der Waals surface area contributed by atoms with Crippen molar-refractivity contribution in [1.82, 2.24) is 9.97 Å². The van der Waals surface area contributed by atoms with E-state index in [0.29, 0.717) is 0 Å². The third-order valence-corrected chi connectivity index (χ3v) is 6.06. The highest BCUT2D eigenvalue weighted by Gasteiger charge is 2.27. The van der Waals surface area contributed by atoms with Crippen molar-refractivity contribution in [3.63, 3.8) is 0 Å². The first kappa shape index (κ1) is 17.7. The van der Waals surface area contributed by atoms with Crippen LogP contribution in [0, 0.1) is 5.92 Å². The van der Waals surface area contributed by atoms with Crippen LogP contribution in [0.15, 0.2) is 48.8 Å². The predicted molar refractivity (Wildman–Crippen MR) is 110 cm³/mol. The summed E-state index contributed by atoms with van der Waals surface area (Å²) in [6, 6.07) is 11.9. The molecule has 1 unspecified atom stereocenters. The lowest BCUT2D eigenvalue weighted by molar-refractivity contribution is -0.120. The number of hydrogen-bond acceptors (Lipinski definition) is 5. The highest BCUT2D eigenvalue weighted by Crippen LogP contribution is 2.34. The molecule has 0 bridgehead atoms. The van der Waals surface area contributed by atoms with Crippen molar-refractivity contribution in [2.24, 2.45) is 5.92 Å². The minimum Gasteiger partial charge on any atom is -0.378 e. The Labute approximate surface area is 163 Å². The van der Waals surface area contributed by atoms with Crippen LogP contribution in [0.25, 0.3) is 10.6 Å². The number of rotatable bonds is 4. The van der Waals surface area contributed by atoms with Crippen molar-refractivity contribution < 1.29 is 4.79 Å². The maximum Gasteiger partial charge on any atom is 0.227 e. The summed E-state index contributed by atoms with van der Waals surface area (Å²) in [5.74, 6) is 0.0916. The van der Waals surface area contributed by atoms with Crippen LogP contribution in [-0.4, -0.2) is 30.0 Å². The highest BCUT2D eigenvalue weighted by atomic mass is 32.1. The average Bonchev–Trinajstić information content (AvgIpc) is 3.12. The van der Waals surface area contributed by atoms with Crippen molar-refractivity contribution in [2.45, 2.75) is 19.3 Å². The zero-order valence-corrected chi connectivity index (χ0v) is 16.3. The number of nitrogens with one attached hydrogen (secondary N) is 1. The van der Waals surface area contributed by atoms with Crippen LogP contribution in [0.4, 0.5) is 11.4 Å². The summed E-state index contributed by atoms with van der Waals surface area (Å²) in [5, 5.41) is 4.08. The number of pyridine rings is 1. The molecule has 0 radical (unpaired) electrons. The van der Waals surface area contributed by atoms with E-state index in [1.165, 1.54) is 4.88 Å². The number of anilines is 2. The maximum absolute atomic E-state index is 12.7. The average molecular weight is 379 g/mol. The quantitative estimate of drug-likeness (QED) is 0.745. The largest absolute Gasteiger partial charge is 0.378 e. The van der Waals surface area contributed by atoms with E-state index in [1.807, 2.05) is 55.4 Å². The van der Waals surface area contributed by atoms with E-state index in [0.717, 1.165) is 46.9 Å². The number of fused-ring (bicyclic) bond motifs is 1. The van der Waals surface area contributed by atoms with Crippen LogP contribution < -0.4 is 10.2 Å². The summed E-state index contributed by atoms with van der Waals surface area (Å²) >= 11 is 1.70. The second kappa shape index (κ2) is 7.48. The molecule has 1 aliphatic carbocycles. The van der Waals surface area contributed by atoms with Crippen LogP contribution >= 0.6 is 11.3 Å². The minimum absolute atomic E-state index is 0.00300. The van der Waals surface area contributed by atoms with E-state index >= 15 is 0 Å². The molecule has 138 valence electrons. The number of amides is 1. The molecule has 6 heteroatoms. The van der Waals surface area contributed by atoms with Gasteiger partial charge in [0.1, 0.15) is 5.01 Å². The first-order valence-corrected chi connectivity index (χ1v) is 9.89. The Morgan fingerprint density at radius 3 is 2.59 bits per heavy atom. The zero-order chi connectivity index (χ0) is 18.8. The van der Waals surface area contributed by atoms with Crippen molar-refractivity contribution >= 4 is 28.6 Å². The molecule has 0 saturated carbocycles. The van der Waals surface area contributed by atoms with Gasteiger partial charge in [0, 0.05) is 54.2 Å². The smallest absolute Gasteiger partial charge is 0.227 e. The van der Waals surface area contributed by atoms with Gasteiger partial charge in [-0.3, -0.25) is 9.78 Å². The van der Waals surface area contributed by atoms with Gasteiger partial charge < -0.3 is 10.2 Å². The standard InChI is InChI=1S/C21H22N4OS/c1-25(2)17-6-4-16(5-7-17)23-20(26)15-3-8-18-19(13-15)27-21(24-18)14-9-11-22-12-10-14/h4-7,9-12,15H,3,8,13H2,1-2H3,(H,23,26). The Kier molecular flexibility index (Phi) is 4.90. The van der Waals surface area contributed by atoms with Gasteiger partial charge in [-0.15, -0.1) is 11.3 Å². The number of nitrogens with zero attached hydrogens (tertiary/aromatic N) is 3. The Morgan fingerprint density at radius 1 is 1.15 bits per heavy atom. The van der Waals surface area contributed by atoms with Gasteiger partial charge in [-0.2, -0.15) is 0 Å². The molecule has 3 aromatic rings. The van der Waals surface area contributed by atoms with E-state index < -0.39 is 0 Å². The second-order valence-electron chi connectivity index (χ2n) is 7.00. The molecule has 1 amide bonds. The molecule has 1 N–H and O–H groups in total. The summed E-state index contributed by atoms with van der Waals surface area (Å²) in [4.78, 5) is 24.8. The maximum atomic E-state index is 12.7. The van der Waals surface area contributed by atoms with Crippen molar-refractivity contribution in [3.8, 4) is 10.6 Å². The minimum atomic E-state index is -0.00300. The summed E-state index contributed by atoms with van der Waals surface area (Å²) < 4.78 is 0. The number of aromatic nitrogens is 2. The van der Waals surface area contributed by atoms with Crippen molar-refractivity contribution in [1.29, 1.82) is 0 Å². The van der Waals surface area contributed by atoms with Crippen LogP contribution in [0.1, 0.15) is 17.0 Å². The normalized spacial score (nSPS) is 15.9. The van der Waals surface area contributed by atoms with E-state index in [2.05, 4.69) is 10.3 Å². The van der Waals surface area contributed by atoms with Crippen molar-refractivity contribution in [2.75, 3.05) is 24.3 Å². The van der Waals surface area contributed by atoms with Gasteiger partial charge in [-0.25, -0.2) is 4.98 Å². The molecule has 0 spiro atoms. The first-order chi connectivity index (χ1) is 13.1. The van der Waals surface area contributed by atoms with Crippen LogP contribution in [0.2, 0.25) is 0 Å². The van der Waals surface area contributed by atoms with Gasteiger partial charge >= 0.3 is 0 Å². The number of carbonyl (C=O) groups excluding carboxylic acids is 1. The summed E-state index contributed by atoms with van der Waals surface area (Å²) in [7, 11) is 4.00. The molecule has 0 saturated heterocycles. The topological polar surface area (TPSA) is 58.1 Å². The lowest BCUT2D eigenvalue weighted by Crippen LogP contribution is -2.27. The molecule has 27 heavy (non-hydrogen) atoms. The molecular formula is C21H22N4OS. The Balaban J connectivity index is 1.44. The van der Waals surface area contributed by atoms with Gasteiger partial charge in [0.25, 0.3) is 0 Å². The van der Waals surface area contributed by atoms with E-state index in [-0.39, 0.29) is 11.8 Å². The fourth-order valence-corrected chi connectivity index (χ4v) is 4.50. The zero-order valence-electron chi connectivity index (χ0n) is 15.5. The summed E-state index contributed by atoms with van der Waals surface area (Å²) in [5.41, 5.74) is 4.19. The number of carbonyl (C=O) groups is 1. The van der Waals surface area contributed by atoms with Crippen molar-refractivity contribution in [3.05, 3.63) is 59.4 Å². The molecular weight excluding hydrogens is 356 g/mol. The molecule has 0 fully saturated rings. The van der Waals surface area contributed by atoms with Gasteiger partial charge in [0.05, 0.1) is 5.69 Å². The Hall–Kier alpha value is -2.73. The lowest BCUT2D eigenvalue weighted by atomic mass is 9.90. The number of benzene rings is 1. The van der Waals surface area contributed by atoms with E-state index in [9.17, 15) is 4.79 Å². The molecule has 1 aliphatic rings. The monoisotopic (exact) mass is 378 g/mol. The molecule has 5 nitrogen and oxygen atoms in total. The molecule has 1 aromatic carbocycles. The van der Waals surface area contributed by atoms with Gasteiger partial charge in [-0.05, 0) is 55.7 Å². The Bertz CT molecular complexity index is 935. The summed E-state index contributed by atoms with van der Waals surface area (Å²) in [6.07, 6.45) is 6.03. The van der Waals surface area contributed by atoms with Crippen LogP contribution in [0.3, 0.4) is 0 Å². The fraction of sp³-hybridized carbons (Fsp3) is 0.286. The van der Waals surface area contributed by atoms with Gasteiger partial charge in [0.15, 0.2) is 0 Å². The molecule has 1 atom stereocenters. The lowest BCUT2D eigenvalue weighted by Gasteiger charge is -2.20. The fourth-order valence-electron chi connectivity index (χ4n) is 3.30. The third kappa shape index (κ3) is 3.85. The van der Waals surface area contributed by atoms with Gasteiger partial charge in [-0.1, -0.05) is 0 Å². The molecule has 2 aromatic heterocycles. The first-order valence-electron chi connectivity index (χ1n) is 9.07. The molecule has 4 rings (SSSR count). The predicted octanol–water partition coefficient (Wildman–Crippen LogP) is 4.01. The second-order valence-corrected chi connectivity index (χ2v) is 8.08. The highest BCUT2D eigenvalue weighted by molar-refractivity contribution is 7.15. The number of aryl methyl sites for hydroxylation is 1. The third-order valence-electron chi connectivity index (χ3n) is 4.89. The van der Waals surface area contributed by atoms with Crippen LogP contribution in [-0.2, 0) is 17.6 Å². The summed E-state index contributed by atoms with van der Waals surface area (Å²) in [6.45, 7) is 0. The molecule has 0 aliphatic heterocycles. The van der Waals surface area contributed by atoms with Gasteiger partial charge in [0.2, 0.25) is 5.91 Å². The van der Waals surface area contributed by atoms with E-state index in [4.69, 9.17) is 4.98 Å². The Morgan fingerprint density at radius 2 is 1.89 bits per heavy atom. The number of thiazole rings is 1. The van der Waals surface area contributed by atoms with Crippen LogP contribution in [0.5, 0.6) is 0 Å².